The zero-order valence-electron chi connectivity index (χ0n) is 15.2. The molecule has 5 nitrogen and oxygen atoms in total. The molecule has 144 valence electrons. The quantitative estimate of drug-likeness (QED) is 0.406. The Bertz CT molecular complexity index is 774. The smallest absolute Gasteiger partial charge is 0.340 e. The van der Waals surface area contributed by atoms with Crippen molar-refractivity contribution in [1.29, 1.82) is 0 Å². The lowest BCUT2D eigenvalue weighted by Crippen LogP contribution is -2.29. The summed E-state index contributed by atoms with van der Waals surface area (Å²) < 4.78 is 13.6. The van der Waals surface area contributed by atoms with Crippen LogP contribution in [0.1, 0.15) is 23.0 Å². The van der Waals surface area contributed by atoms with Crippen molar-refractivity contribution >= 4 is 56.0 Å². The molecular formula is C18H23BrCl2N2O3. The molecule has 1 heterocycles. The van der Waals surface area contributed by atoms with Gasteiger partial charge in [-0.25, -0.2) is 4.79 Å². The van der Waals surface area contributed by atoms with Crippen molar-refractivity contribution in [2.24, 2.45) is 7.05 Å². The van der Waals surface area contributed by atoms with Crippen LogP contribution in [-0.4, -0.2) is 54.0 Å². The predicted octanol–water partition coefficient (Wildman–Crippen LogP) is 4.41. The normalized spacial score (nSPS) is 11.3. The van der Waals surface area contributed by atoms with Gasteiger partial charge in [-0.2, -0.15) is 0 Å². The lowest BCUT2D eigenvalue weighted by molar-refractivity contribution is 0.0526. The van der Waals surface area contributed by atoms with Crippen LogP contribution in [-0.2, 0) is 18.3 Å². The maximum atomic E-state index is 12.7. The van der Waals surface area contributed by atoms with Crippen molar-refractivity contribution in [2.75, 3.05) is 38.6 Å². The van der Waals surface area contributed by atoms with E-state index < -0.39 is 0 Å². The Morgan fingerprint density at radius 1 is 1.27 bits per heavy atom. The number of carbonyl (C=O) groups is 1. The van der Waals surface area contributed by atoms with Gasteiger partial charge in [-0.3, -0.25) is 4.90 Å². The highest BCUT2D eigenvalue weighted by Crippen LogP contribution is 2.35. The Labute approximate surface area is 172 Å². The summed E-state index contributed by atoms with van der Waals surface area (Å²) in [5, 5.41) is 0.803. The first-order chi connectivity index (χ1) is 12.5. The molecule has 0 N–H and O–H groups in total. The molecule has 0 unspecified atom stereocenters. The van der Waals surface area contributed by atoms with Gasteiger partial charge in [-0.05, 0) is 35.0 Å². The van der Waals surface area contributed by atoms with Crippen molar-refractivity contribution in [1.82, 2.24) is 9.47 Å². The van der Waals surface area contributed by atoms with Gasteiger partial charge in [0.25, 0.3) is 0 Å². The number of alkyl halides is 2. The lowest BCUT2D eigenvalue weighted by atomic mass is 10.1. The van der Waals surface area contributed by atoms with E-state index in [1.165, 1.54) is 0 Å². The van der Waals surface area contributed by atoms with Gasteiger partial charge in [-0.15, -0.1) is 23.2 Å². The Kier molecular flexibility index (Phi) is 8.07. The third-order valence-electron chi connectivity index (χ3n) is 4.25. The average molecular weight is 466 g/mol. The molecule has 1 aromatic heterocycles. The molecule has 0 saturated heterocycles. The number of rotatable bonds is 9. The second-order valence-electron chi connectivity index (χ2n) is 5.76. The number of benzene rings is 1. The molecule has 0 spiro atoms. The molecule has 0 aliphatic rings. The molecular weight excluding hydrogens is 443 g/mol. The topological polar surface area (TPSA) is 43.7 Å². The fourth-order valence-corrected chi connectivity index (χ4v) is 3.95. The first kappa shape index (κ1) is 21.4. The molecule has 0 amide bonds. The predicted molar refractivity (Wildman–Crippen MR) is 110 cm³/mol. The Morgan fingerprint density at radius 2 is 1.92 bits per heavy atom. The van der Waals surface area contributed by atoms with Crippen molar-refractivity contribution in [3.05, 3.63) is 27.9 Å². The lowest BCUT2D eigenvalue weighted by Gasteiger charge is -2.21. The minimum atomic E-state index is -0.339. The summed E-state index contributed by atoms with van der Waals surface area (Å²) in [6, 6.07) is 3.82. The number of aromatic nitrogens is 1. The second-order valence-corrected chi connectivity index (χ2v) is 7.37. The fourth-order valence-electron chi connectivity index (χ4n) is 2.98. The first-order valence-corrected chi connectivity index (χ1v) is 10.2. The highest BCUT2D eigenvalue weighted by molar-refractivity contribution is 9.10. The SMILES string of the molecule is CCOC(=O)c1c(CN(CCCl)CCCl)n(C)c2cc(Br)c(OC)cc12. The number of methoxy groups -OCH3 is 1. The molecule has 0 saturated carbocycles. The summed E-state index contributed by atoms with van der Waals surface area (Å²) in [6.45, 7) is 4.04. The number of hydrogen-bond donors (Lipinski definition) is 0. The van der Waals surface area contributed by atoms with E-state index >= 15 is 0 Å². The van der Waals surface area contributed by atoms with Gasteiger partial charge in [0.15, 0.2) is 0 Å². The van der Waals surface area contributed by atoms with E-state index in [1.807, 2.05) is 23.7 Å². The van der Waals surface area contributed by atoms with Gasteiger partial charge in [0.1, 0.15) is 5.75 Å². The van der Waals surface area contributed by atoms with Crippen LogP contribution in [0.25, 0.3) is 10.9 Å². The number of carbonyl (C=O) groups excluding carboxylic acids is 1. The van der Waals surface area contributed by atoms with E-state index in [-0.39, 0.29) is 5.97 Å². The maximum absolute atomic E-state index is 12.7. The van der Waals surface area contributed by atoms with Crippen LogP contribution in [0, 0.1) is 0 Å². The largest absolute Gasteiger partial charge is 0.496 e. The number of nitrogens with zero attached hydrogens (tertiary/aromatic N) is 2. The zero-order valence-corrected chi connectivity index (χ0v) is 18.2. The number of aryl methyl sites for hydroxylation is 1. The van der Waals surface area contributed by atoms with Crippen molar-refractivity contribution < 1.29 is 14.3 Å². The summed E-state index contributed by atoms with van der Waals surface area (Å²) in [5.41, 5.74) is 2.35. The van der Waals surface area contributed by atoms with Gasteiger partial charge in [0, 0.05) is 49.5 Å². The summed E-state index contributed by atoms with van der Waals surface area (Å²) in [6.07, 6.45) is 0. The monoisotopic (exact) mass is 464 g/mol. The minimum Gasteiger partial charge on any atom is -0.496 e. The van der Waals surface area contributed by atoms with Crippen LogP contribution < -0.4 is 4.74 Å². The number of fused-ring (bicyclic) bond motifs is 1. The highest BCUT2D eigenvalue weighted by atomic mass is 79.9. The molecule has 0 bridgehead atoms. The van der Waals surface area contributed by atoms with E-state index in [1.54, 1.807) is 14.0 Å². The summed E-state index contributed by atoms with van der Waals surface area (Å²) >= 11 is 15.4. The van der Waals surface area contributed by atoms with Crippen LogP contribution in [0.5, 0.6) is 5.75 Å². The summed E-state index contributed by atoms with van der Waals surface area (Å²) in [4.78, 5) is 14.8. The summed E-state index contributed by atoms with van der Waals surface area (Å²) in [7, 11) is 3.54. The van der Waals surface area contributed by atoms with Gasteiger partial charge in [-0.1, -0.05) is 0 Å². The van der Waals surface area contributed by atoms with Crippen LogP contribution >= 0.6 is 39.1 Å². The molecule has 0 fully saturated rings. The second kappa shape index (κ2) is 9.83. The van der Waals surface area contributed by atoms with E-state index in [0.717, 1.165) is 21.1 Å². The summed E-state index contributed by atoms with van der Waals surface area (Å²) in [5.74, 6) is 1.32. The standard InChI is InChI=1S/C18H23BrCl2N2O3/c1-4-26-18(24)17-12-9-16(25-3)13(19)10-14(12)22(2)15(17)11-23(7-5-20)8-6-21/h9-10H,4-8,11H2,1-3H3. The first-order valence-electron chi connectivity index (χ1n) is 8.34. The van der Waals surface area contributed by atoms with Gasteiger partial charge < -0.3 is 14.0 Å². The minimum absolute atomic E-state index is 0.315. The van der Waals surface area contributed by atoms with Gasteiger partial charge in [0.2, 0.25) is 0 Å². The van der Waals surface area contributed by atoms with Crippen molar-refractivity contribution in [3.63, 3.8) is 0 Å². The Morgan fingerprint density at radius 3 is 2.46 bits per heavy atom. The molecule has 0 aliphatic carbocycles. The molecule has 0 atom stereocenters. The Hall–Kier alpha value is -0.950. The van der Waals surface area contributed by atoms with Crippen molar-refractivity contribution in [2.45, 2.75) is 13.5 Å². The highest BCUT2D eigenvalue weighted by Gasteiger charge is 2.25. The molecule has 0 aliphatic heterocycles. The zero-order chi connectivity index (χ0) is 19.3. The molecule has 0 radical (unpaired) electrons. The van der Waals surface area contributed by atoms with E-state index in [4.69, 9.17) is 32.7 Å². The van der Waals surface area contributed by atoms with Crippen molar-refractivity contribution in [3.8, 4) is 5.75 Å². The molecule has 2 aromatic rings. The third kappa shape index (κ3) is 4.47. The molecule has 26 heavy (non-hydrogen) atoms. The average Bonchev–Trinajstić information content (AvgIpc) is 2.86. The van der Waals surface area contributed by atoms with Crippen LogP contribution in [0.3, 0.4) is 0 Å². The molecule has 1 aromatic carbocycles. The van der Waals surface area contributed by atoms with E-state index in [2.05, 4.69) is 20.8 Å². The fraction of sp³-hybridized carbons (Fsp3) is 0.500. The van der Waals surface area contributed by atoms with E-state index in [0.29, 0.717) is 49.3 Å². The van der Waals surface area contributed by atoms with Crippen LogP contribution in [0.4, 0.5) is 0 Å². The van der Waals surface area contributed by atoms with Gasteiger partial charge >= 0.3 is 5.97 Å². The number of halogens is 3. The number of esters is 1. The van der Waals surface area contributed by atoms with Crippen LogP contribution in [0.2, 0.25) is 0 Å². The third-order valence-corrected chi connectivity index (χ3v) is 5.21. The number of ether oxygens (including phenoxy) is 2. The maximum Gasteiger partial charge on any atom is 0.340 e. The van der Waals surface area contributed by atoms with Crippen LogP contribution in [0.15, 0.2) is 16.6 Å². The van der Waals surface area contributed by atoms with E-state index in [9.17, 15) is 4.79 Å². The molecule has 2 rings (SSSR count). The molecule has 8 heteroatoms. The number of hydrogen-bond acceptors (Lipinski definition) is 4. The Balaban J connectivity index is 2.64. The van der Waals surface area contributed by atoms with Gasteiger partial charge in [0.05, 0.1) is 29.3 Å².